The third kappa shape index (κ3) is 6.22. The summed E-state index contributed by atoms with van der Waals surface area (Å²) in [6.45, 7) is 11.2. The minimum atomic E-state index is -0.528. The molecule has 1 aromatic heterocycles. The normalized spacial score (nSPS) is 16.9. The van der Waals surface area contributed by atoms with E-state index in [0.29, 0.717) is 68.0 Å². The Bertz CT molecular complexity index is 997. The molecule has 0 bridgehead atoms. The van der Waals surface area contributed by atoms with Gasteiger partial charge in [-0.25, -0.2) is 4.98 Å². The van der Waals surface area contributed by atoms with E-state index in [0.717, 1.165) is 6.42 Å². The molecular formula is C26H34N4O4. The standard InChI is InChI=1S/C26H34N4O4/c1-5-6-8-22(31)20-15-19(16-27)24(28-21(20)17-30-12-7-9-23(30)32)29-13-10-18(11-14-29)25(33)34-26(2,3)4/h5,15,18H,1,6-14,17H2,2-4H3. The highest BCUT2D eigenvalue weighted by atomic mass is 16.6. The van der Waals surface area contributed by atoms with Gasteiger partial charge in [-0.15, -0.1) is 6.58 Å². The Balaban J connectivity index is 1.85. The molecule has 8 nitrogen and oxygen atoms in total. The summed E-state index contributed by atoms with van der Waals surface area (Å²) in [4.78, 5) is 46.1. The van der Waals surface area contributed by atoms with Gasteiger partial charge >= 0.3 is 5.97 Å². The smallest absolute Gasteiger partial charge is 0.309 e. The monoisotopic (exact) mass is 466 g/mol. The van der Waals surface area contributed by atoms with Gasteiger partial charge < -0.3 is 14.5 Å². The Hall–Kier alpha value is -3.21. The summed E-state index contributed by atoms with van der Waals surface area (Å²) >= 11 is 0. The zero-order valence-electron chi connectivity index (χ0n) is 20.4. The Kier molecular flexibility index (Phi) is 8.08. The Morgan fingerprint density at radius 3 is 2.56 bits per heavy atom. The number of esters is 1. The second-order valence-corrected chi connectivity index (χ2v) is 9.93. The molecule has 0 radical (unpaired) electrons. The average Bonchev–Trinajstić information content (AvgIpc) is 3.20. The molecule has 0 N–H and O–H groups in total. The first-order valence-corrected chi connectivity index (χ1v) is 12.0. The molecule has 0 spiro atoms. The third-order valence-corrected chi connectivity index (χ3v) is 6.12. The Morgan fingerprint density at radius 1 is 1.29 bits per heavy atom. The molecule has 8 heteroatoms. The number of hydrogen-bond acceptors (Lipinski definition) is 7. The molecule has 34 heavy (non-hydrogen) atoms. The SMILES string of the molecule is C=CCCC(=O)c1cc(C#N)c(N2CCC(C(=O)OC(C)(C)C)CC2)nc1CN1CCCC1=O. The summed E-state index contributed by atoms with van der Waals surface area (Å²) in [5.41, 5.74) is 0.715. The van der Waals surface area contributed by atoms with E-state index in [1.165, 1.54) is 0 Å². The molecule has 2 aliphatic heterocycles. The summed E-state index contributed by atoms with van der Waals surface area (Å²) < 4.78 is 5.53. The van der Waals surface area contributed by atoms with Crippen LogP contribution in [-0.4, -0.2) is 52.8 Å². The molecule has 2 aliphatic rings. The Morgan fingerprint density at radius 2 is 2.00 bits per heavy atom. The number of ether oxygens (including phenoxy) is 1. The summed E-state index contributed by atoms with van der Waals surface area (Å²) in [7, 11) is 0. The first kappa shape index (κ1) is 25.4. The van der Waals surface area contributed by atoms with Crippen molar-refractivity contribution in [3.05, 3.63) is 35.5 Å². The molecule has 2 saturated heterocycles. The molecule has 3 rings (SSSR count). The molecule has 0 aliphatic carbocycles. The zero-order chi connectivity index (χ0) is 24.9. The van der Waals surface area contributed by atoms with E-state index in [9.17, 15) is 19.6 Å². The van der Waals surface area contributed by atoms with Gasteiger partial charge in [0.1, 0.15) is 17.5 Å². The van der Waals surface area contributed by atoms with Crippen LogP contribution < -0.4 is 4.90 Å². The van der Waals surface area contributed by atoms with E-state index in [1.807, 2.05) is 25.7 Å². The van der Waals surface area contributed by atoms with Crippen molar-refractivity contribution in [2.24, 2.45) is 5.92 Å². The largest absolute Gasteiger partial charge is 0.460 e. The maximum Gasteiger partial charge on any atom is 0.309 e. The van der Waals surface area contributed by atoms with Crippen LogP contribution in [0.3, 0.4) is 0 Å². The number of hydrogen-bond donors (Lipinski definition) is 0. The van der Waals surface area contributed by atoms with Gasteiger partial charge in [-0.1, -0.05) is 6.08 Å². The van der Waals surface area contributed by atoms with Crippen molar-refractivity contribution in [3.63, 3.8) is 0 Å². The first-order chi connectivity index (χ1) is 16.1. The van der Waals surface area contributed by atoms with Crippen LogP contribution in [0.25, 0.3) is 0 Å². The zero-order valence-corrected chi connectivity index (χ0v) is 20.4. The van der Waals surface area contributed by atoms with Crippen LogP contribution in [-0.2, 0) is 20.9 Å². The van der Waals surface area contributed by atoms with Crippen LogP contribution in [0.1, 0.15) is 80.9 Å². The fourth-order valence-corrected chi connectivity index (χ4v) is 4.36. The van der Waals surface area contributed by atoms with Crippen LogP contribution in [0, 0.1) is 17.2 Å². The second kappa shape index (κ2) is 10.8. The van der Waals surface area contributed by atoms with Crippen molar-refractivity contribution in [2.75, 3.05) is 24.5 Å². The van der Waals surface area contributed by atoms with Crippen LogP contribution in [0.15, 0.2) is 18.7 Å². The minimum absolute atomic E-state index is 0.0513. The van der Waals surface area contributed by atoms with E-state index in [-0.39, 0.29) is 36.5 Å². The van der Waals surface area contributed by atoms with Crippen LogP contribution in [0.5, 0.6) is 0 Å². The summed E-state index contributed by atoms with van der Waals surface area (Å²) in [5.74, 6) is 0.0580. The van der Waals surface area contributed by atoms with Gasteiger partial charge in [-0.05, 0) is 52.5 Å². The molecule has 0 aromatic carbocycles. The number of nitrogens with zero attached hydrogens (tertiary/aromatic N) is 4. The van der Waals surface area contributed by atoms with Crippen LogP contribution in [0.2, 0.25) is 0 Å². The van der Waals surface area contributed by atoms with Crippen molar-refractivity contribution in [2.45, 2.75) is 71.4 Å². The number of likely N-dealkylation sites (tertiary alicyclic amines) is 1. The van der Waals surface area contributed by atoms with Crippen molar-refractivity contribution in [1.29, 1.82) is 5.26 Å². The van der Waals surface area contributed by atoms with Crippen LogP contribution >= 0.6 is 0 Å². The molecule has 182 valence electrons. The lowest BCUT2D eigenvalue weighted by molar-refractivity contribution is -0.160. The minimum Gasteiger partial charge on any atom is -0.460 e. The maximum absolute atomic E-state index is 12.9. The highest BCUT2D eigenvalue weighted by molar-refractivity contribution is 5.98. The van der Waals surface area contributed by atoms with Crippen molar-refractivity contribution >= 4 is 23.5 Å². The number of pyridine rings is 1. The van der Waals surface area contributed by atoms with Crippen molar-refractivity contribution < 1.29 is 19.1 Å². The first-order valence-electron chi connectivity index (χ1n) is 12.0. The number of Topliss-reactive ketones (excluding diaryl/α,β-unsaturated/α-hetero) is 1. The fraction of sp³-hybridized carbons (Fsp3) is 0.577. The lowest BCUT2D eigenvalue weighted by Crippen LogP contribution is -2.39. The topological polar surface area (TPSA) is 104 Å². The molecule has 3 heterocycles. The number of allylic oxidation sites excluding steroid dienone is 1. The predicted octanol–water partition coefficient (Wildman–Crippen LogP) is 3.78. The number of ketones is 1. The third-order valence-electron chi connectivity index (χ3n) is 6.12. The van der Waals surface area contributed by atoms with Gasteiger partial charge in [0.25, 0.3) is 0 Å². The quantitative estimate of drug-likeness (QED) is 0.326. The number of amides is 1. The average molecular weight is 467 g/mol. The van der Waals surface area contributed by atoms with Crippen LogP contribution in [0.4, 0.5) is 5.82 Å². The number of carbonyl (C=O) groups is 3. The second-order valence-electron chi connectivity index (χ2n) is 9.93. The molecule has 2 fully saturated rings. The van der Waals surface area contributed by atoms with Gasteiger partial charge in [0.05, 0.1) is 23.7 Å². The molecule has 0 atom stereocenters. The van der Waals surface area contributed by atoms with Gasteiger partial charge in [0.15, 0.2) is 5.78 Å². The summed E-state index contributed by atoms with van der Waals surface area (Å²) in [6, 6.07) is 3.80. The van der Waals surface area contributed by atoms with Gasteiger partial charge in [0.2, 0.25) is 5.91 Å². The number of anilines is 1. The number of nitriles is 1. The van der Waals surface area contributed by atoms with E-state index in [4.69, 9.17) is 9.72 Å². The number of rotatable bonds is 8. The van der Waals surface area contributed by atoms with Gasteiger partial charge in [-0.3, -0.25) is 14.4 Å². The van der Waals surface area contributed by atoms with E-state index in [1.54, 1.807) is 17.0 Å². The summed E-state index contributed by atoms with van der Waals surface area (Å²) in [6.07, 6.45) is 4.98. The predicted molar refractivity (Wildman–Crippen MR) is 128 cm³/mol. The molecule has 1 amide bonds. The summed E-state index contributed by atoms with van der Waals surface area (Å²) in [5, 5.41) is 9.83. The fourth-order valence-electron chi connectivity index (χ4n) is 4.36. The van der Waals surface area contributed by atoms with Crippen molar-refractivity contribution in [1.82, 2.24) is 9.88 Å². The highest BCUT2D eigenvalue weighted by Gasteiger charge is 2.31. The Labute approximate surface area is 201 Å². The lowest BCUT2D eigenvalue weighted by atomic mass is 9.96. The van der Waals surface area contributed by atoms with Gasteiger partial charge in [-0.2, -0.15) is 5.26 Å². The number of carbonyl (C=O) groups excluding carboxylic acids is 3. The van der Waals surface area contributed by atoms with E-state index in [2.05, 4.69) is 12.6 Å². The molecule has 0 unspecified atom stereocenters. The number of aromatic nitrogens is 1. The van der Waals surface area contributed by atoms with Gasteiger partial charge in [0, 0.05) is 38.0 Å². The van der Waals surface area contributed by atoms with E-state index < -0.39 is 5.60 Å². The molecular weight excluding hydrogens is 432 g/mol. The maximum atomic E-state index is 12.9. The van der Waals surface area contributed by atoms with E-state index >= 15 is 0 Å². The highest BCUT2D eigenvalue weighted by Crippen LogP contribution is 2.29. The molecule has 0 saturated carbocycles. The lowest BCUT2D eigenvalue weighted by Gasteiger charge is -2.34. The molecule has 1 aromatic rings. The van der Waals surface area contributed by atoms with Crippen molar-refractivity contribution in [3.8, 4) is 6.07 Å². The number of piperidine rings is 1.